The Kier molecular flexibility index (Phi) is 12.5. The predicted octanol–water partition coefficient (Wildman–Crippen LogP) is 1.95. The highest BCUT2D eigenvalue weighted by atomic mass is 127. The summed E-state index contributed by atoms with van der Waals surface area (Å²) >= 11 is 0. The number of likely N-dealkylation sites (N-methyl/N-ethyl adjacent to an activating group) is 1. The molecule has 8 nitrogen and oxygen atoms in total. The number of aliphatic imine (C=N–C) groups is 1. The lowest BCUT2D eigenvalue weighted by Gasteiger charge is -2.33. The smallest absolute Gasteiger partial charge is 0.191 e. The first-order chi connectivity index (χ1) is 14.7. The maximum atomic E-state index is 5.81. The van der Waals surface area contributed by atoms with Crippen molar-refractivity contribution in [3.8, 4) is 0 Å². The van der Waals surface area contributed by atoms with Crippen LogP contribution in [0, 0.1) is 5.92 Å². The third-order valence-corrected chi connectivity index (χ3v) is 5.77. The van der Waals surface area contributed by atoms with Crippen LogP contribution in [-0.4, -0.2) is 89.1 Å². The molecular formula is C22H39IN6O2. The van der Waals surface area contributed by atoms with E-state index in [0.717, 1.165) is 95.8 Å². The minimum atomic E-state index is 0. The fourth-order valence-corrected chi connectivity index (χ4v) is 3.69. The summed E-state index contributed by atoms with van der Waals surface area (Å²) in [6.07, 6.45) is 5.17. The summed E-state index contributed by atoms with van der Waals surface area (Å²) < 4.78 is 11.2. The maximum Gasteiger partial charge on any atom is 0.191 e. The first-order valence-electron chi connectivity index (χ1n) is 11.2. The fraction of sp³-hybridized carbons (Fsp3) is 0.727. The highest BCUT2D eigenvalue weighted by molar-refractivity contribution is 14.0. The van der Waals surface area contributed by atoms with Crippen LogP contribution in [0.3, 0.4) is 0 Å². The summed E-state index contributed by atoms with van der Waals surface area (Å²) in [6, 6.07) is 4.26. The van der Waals surface area contributed by atoms with Gasteiger partial charge in [-0.15, -0.1) is 24.0 Å². The quantitative estimate of drug-likeness (QED) is 0.212. The van der Waals surface area contributed by atoms with E-state index in [1.54, 1.807) is 7.05 Å². The molecule has 0 spiro atoms. The molecule has 31 heavy (non-hydrogen) atoms. The lowest BCUT2D eigenvalue weighted by Crippen LogP contribution is -2.44. The van der Waals surface area contributed by atoms with E-state index in [1.165, 1.54) is 0 Å². The number of nitrogens with one attached hydrogen (secondary N) is 2. The number of hydrogen-bond acceptors (Lipinski definition) is 6. The summed E-state index contributed by atoms with van der Waals surface area (Å²) in [4.78, 5) is 13.6. The van der Waals surface area contributed by atoms with E-state index in [0.29, 0.717) is 12.5 Å². The normalized spacial score (nSPS) is 18.5. The molecule has 2 N–H and O–H groups in total. The Morgan fingerprint density at radius 2 is 1.97 bits per heavy atom. The largest absolute Gasteiger partial charge is 0.381 e. The minimum Gasteiger partial charge on any atom is -0.381 e. The number of ether oxygens (including phenoxy) is 2. The molecule has 0 amide bonds. The lowest BCUT2D eigenvalue weighted by atomic mass is 10.0. The molecule has 0 aliphatic carbocycles. The Balaban J connectivity index is 0.00000341. The molecule has 3 heterocycles. The topological polar surface area (TPSA) is 74.3 Å². The SMILES string of the molecule is CN=C(NCCCOCC1CCOCC1)NCc1ccc(N2CCN(C)CC2)nc1.I. The van der Waals surface area contributed by atoms with Gasteiger partial charge in [-0.2, -0.15) is 0 Å². The molecule has 176 valence electrons. The number of pyridine rings is 1. The Bertz CT molecular complexity index is 631. The second-order valence-corrected chi connectivity index (χ2v) is 8.15. The van der Waals surface area contributed by atoms with Crippen molar-refractivity contribution in [2.24, 2.45) is 10.9 Å². The number of halogens is 1. The Hall–Kier alpha value is -1.17. The van der Waals surface area contributed by atoms with Gasteiger partial charge in [0.2, 0.25) is 0 Å². The summed E-state index contributed by atoms with van der Waals surface area (Å²) in [5.41, 5.74) is 1.15. The van der Waals surface area contributed by atoms with Crippen LogP contribution < -0.4 is 15.5 Å². The van der Waals surface area contributed by atoms with E-state index in [4.69, 9.17) is 9.47 Å². The monoisotopic (exact) mass is 546 g/mol. The molecule has 1 aromatic heterocycles. The van der Waals surface area contributed by atoms with Crippen molar-refractivity contribution < 1.29 is 9.47 Å². The number of anilines is 1. The van der Waals surface area contributed by atoms with Crippen LogP contribution in [0.25, 0.3) is 0 Å². The third kappa shape index (κ3) is 9.46. The molecular weight excluding hydrogens is 507 g/mol. The second-order valence-electron chi connectivity index (χ2n) is 8.15. The first-order valence-corrected chi connectivity index (χ1v) is 11.2. The number of rotatable bonds is 9. The lowest BCUT2D eigenvalue weighted by molar-refractivity contribution is 0.0203. The van der Waals surface area contributed by atoms with Gasteiger partial charge in [0.05, 0.1) is 0 Å². The van der Waals surface area contributed by atoms with E-state index in [-0.39, 0.29) is 24.0 Å². The molecule has 0 aromatic carbocycles. The van der Waals surface area contributed by atoms with Crippen molar-refractivity contribution in [1.82, 2.24) is 20.5 Å². The average Bonchev–Trinajstić information content (AvgIpc) is 2.80. The van der Waals surface area contributed by atoms with Gasteiger partial charge in [0, 0.05) is 78.9 Å². The van der Waals surface area contributed by atoms with Crippen molar-refractivity contribution in [3.63, 3.8) is 0 Å². The molecule has 0 atom stereocenters. The summed E-state index contributed by atoms with van der Waals surface area (Å²) in [6.45, 7) is 9.20. The average molecular weight is 546 g/mol. The molecule has 0 unspecified atom stereocenters. The zero-order valence-electron chi connectivity index (χ0n) is 19.0. The molecule has 2 aliphatic rings. The maximum absolute atomic E-state index is 5.81. The number of nitrogens with zero attached hydrogens (tertiary/aromatic N) is 4. The van der Waals surface area contributed by atoms with Gasteiger partial charge in [0.1, 0.15) is 5.82 Å². The Morgan fingerprint density at radius 3 is 2.65 bits per heavy atom. The van der Waals surface area contributed by atoms with E-state index < -0.39 is 0 Å². The zero-order chi connectivity index (χ0) is 21.0. The molecule has 0 bridgehead atoms. The summed E-state index contributed by atoms with van der Waals surface area (Å²) in [5, 5.41) is 6.71. The fourth-order valence-electron chi connectivity index (χ4n) is 3.69. The van der Waals surface area contributed by atoms with Crippen molar-refractivity contribution >= 4 is 35.8 Å². The molecule has 3 rings (SSSR count). The van der Waals surface area contributed by atoms with Gasteiger partial charge >= 0.3 is 0 Å². The predicted molar refractivity (Wildman–Crippen MR) is 137 cm³/mol. The Morgan fingerprint density at radius 1 is 1.19 bits per heavy atom. The van der Waals surface area contributed by atoms with Crippen LogP contribution in [0.1, 0.15) is 24.8 Å². The van der Waals surface area contributed by atoms with Gasteiger partial charge in [0.25, 0.3) is 0 Å². The van der Waals surface area contributed by atoms with Crippen molar-refractivity contribution in [3.05, 3.63) is 23.9 Å². The van der Waals surface area contributed by atoms with Crippen LogP contribution in [0.5, 0.6) is 0 Å². The van der Waals surface area contributed by atoms with Crippen molar-refractivity contribution in [2.45, 2.75) is 25.8 Å². The molecule has 1 aromatic rings. The molecule has 2 fully saturated rings. The molecule has 2 saturated heterocycles. The highest BCUT2D eigenvalue weighted by Crippen LogP contribution is 2.15. The van der Waals surface area contributed by atoms with Crippen LogP contribution in [0.4, 0.5) is 5.82 Å². The molecule has 0 saturated carbocycles. The standard InChI is InChI=1S/C22H38N6O2.HI/c1-23-22(24-8-3-13-30-18-19-6-14-29-15-7-19)26-17-20-4-5-21(25-16-20)28-11-9-27(2)10-12-28;/h4-5,16,19H,3,6-15,17-18H2,1-2H3,(H2,23,24,26);1H. The van der Waals surface area contributed by atoms with Crippen molar-refractivity contribution in [1.29, 1.82) is 0 Å². The van der Waals surface area contributed by atoms with Gasteiger partial charge < -0.3 is 29.9 Å². The van der Waals surface area contributed by atoms with Crippen LogP contribution in [0.2, 0.25) is 0 Å². The van der Waals surface area contributed by atoms with Crippen LogP contribution in [-0.2, 0) is 16.0 Å². The van der Waals surface area contributed by atoms with Gasteiger partial charge in [0.15, 0.2) is 5.96 Å². The number of guanidine groups is 1. The number of piperazine rings is 1. The van der Waals surface area contributed by atoms with E-state index in [9.17, 15) is 0 Å². The van der Waals surface area contributed by atoms with E-state index >= 15 is 0 Å². The third-order valence-electron chi connectivity index (χ3n) is 5.77. The second kappa shape index (κ2) is 14.8. The minimum absolute atomic E-state index is 0. The van der Waals surface area contributed by atoms with E-state index in [2.05, 4.69) is 49.6 Å². The number of hydrogen-bond donors (Lipinski definition) is 2. The highest BCUT2D eigenvalue weighted by Gasteiger charge is 2.15. The summed E-state index contributed by atoms with van der Waals surface area (Å²) in [7, 11) is 3.96. The van der Waals surface area contributed by atoms with Gasteiger partial charge in [-0.3, -0.25) is 4.99 Å². The summed E-state index contributed by atoms with van der Waals surface area (Å²) in [5.74, 6) is 2.54. The zero-order valence-corrected chi connectivity index (χ0v) is 21.3. The molecule has 9 heteroatoms. The van der Waals surface area contributed by atoms with Crippen LogP contribution in [0.15, 0.2) is 23.3 Å². The van der Waals surface area contributed by atoms with Gasteiger partial charge in [-0.1, -0.05) is 6.07 Å². The molecule has 0 radical (unpaired) electrons. The van der Waals surface area contributed by atoms with Gasteiger partial charge in [-0.25, -0.2) is 4.98 Å². The Labute approximate surface area is 204 Å². The van der Waals surface area contributed by atoms with Crippen molar-refractivity contribution in [2.75, 3.05) is 78.1 Å². The van der Waals surface area contributed by atoms with E-state index in [1.807, 2.05) is 6.20 Å². The molecule has 2 aliphatic heterocycles. The number of aromatic nitrogens is 1. The first kappa shape index (κ1) is 26.1. The van der Waals surface area contributed by atoms with Gasteiger partial charge in [-0.05, 0) is 43.9 Å². The van der Waals surface area contributed by atoms with Crippen LogP contribution >= 0.6 is 24.0 Å².